The number of allylic oxidation sites excluding steroid dienone is 1. The van der Waals surface area contributed by atoms with Gasteiger partial charge in [0.2, 0.25) is 9.84 Å². The zero-order chi connectivity index (χ0) is 18.0. The molecule has 126 valence electrons. The minimum absolute atomic E-state index is 0.0229. The average molecular weight is 363 g/mol. The quantitative estimate of drug-likeness (QED) is 0.736. The second kappa shape index (κ2) is 6.91. The zero-order valence-corrected chi connectivity index (χ0v) is 15.4. The Hall–Kier alpha value is -1.91. The number of carbonyl (C=O) groups excluding carboxylic acids is 1. The molecule has 0 aliphatic carbocycles. The Labute approximate surface area is 147 Å². The summed E-state index contributed by atoms with van der Waals surface area (Å²) in [7, 11) is -3.83. The molecular formula is C19H19ClO3S. The molecule has 2 rings (SSSR count). The van der Waals surface area contributed by atoms with Crippen LogP contribution < -0.4 is 0 Å². The third-order valence-electron chi connectivity index (χ3n) is 3.47. The van der Waals surface area contributed by atoms with Crippen LogP contribution in [0, 0.1) is 5.41 Å². The van der Waals surface area contributed by atoms with E-state index >= 15 is 0 Å². The van der Waals surface area contributed by atoms with E-state index in [1.54, 1.807) is 63.2 Å². The van der Waals surface area contributed by atoms with Gasteiger partial charge in [-0.15, -0.1) is 0 Å². The summed E-state index contributed by atoms with van der Waals surface area (Å²) < 4.78 is 26.1. The maximum Gasteiger partial charge on any atom is 0.207 e. The molecule has 0 saturated carbocycles. The van der Waals surface area contributed by atoms with Crippen LogP contribution in [0.5, 0.6) is 0 Å². The van der Waals surface area contributed by atoms with Gasteiger partial charge in [-0.05, 0) is 29.8 Å². The van der Waals surface area contributed by atoms with Crippen LogP contribution >= 0.6 is 11.6 Å². The van der Waals surface area contributed by atoms with E-state index in [9.17, 15) is 13.2 Å². The second-order valence-electron chi connectivity index (χ2n) is 6.45. The lowest BCUT2D eigenvalue weighted by atomic mass is 9.90. The van der Waals surface area contributed by atoms with Gasteiger partial charge in [0.05, 0.1) is 9.80 Å². The number of hydrogen-bond acceptors (Lipinski definition) is 3. The summed E-state index contributed by atoms with van der Waals surface area (Å²) in [6.45, 7) is 5.25. The van der Waals surface area contributed by atoms with E-state index in [0.717, 1.165) is 0 Å². The molecule has 0 atom stereocenters. The number of carbonyl (C=O) groups is 1. The third-order valence-corrected chi connectivity index (χ3v) is 5.55. The van der Waals surface area contributed by atoms with Crippen LogP contribution in [0.3, 0.4) is 0 Å². The van der Waals surface area contributed by atoms with Crippen LogP contribution in [-0.4, -0.2) is 14.2 Å². The van der Waals surface area contributed by atoms with Gasteiger partial charge in [0.1, 0.15) is 0 Å². The highest BCUT2D eigenvalue weighted by Crippen LogP contribution is 2.30. The van der Waals surface area contributed by atoms with Gasteiger partial charge < -0.3 is 0 Å². The van der Waals surface area contributed by atoms with E-state index in [1.807, 2.05) is 0 Å². The first-order chi connectivity index (χ1) is 11.1. The minimum Gasteiger partial charge on any atom is -0.294 e. The van der Waals surface area contributed by atoms with Crippen molar-refractivity contribution >= 4 is 32.1 Å². The molecule has 2 aromatic carbocycles. The second-order valence-corrected chi connectivity index (χ2v) is 8.80. The Morgan fingerprint density at radius 3 is 2.00 bits per heavy atom. The van der Waals surface area contributed by atoms with Crippen molar-refractivity contribution in [2.75, 3.05) is 0 Å². The zero-order valence-electron chi connectivity index (χ0n) is 13.8. The highest BCUT2D eigenvalue weighted by atomic mass is 35.5. The molecule has 0 spiro atoms. The van der Waals surface area contributed by atoms with Crippen LogP contribution in [0.2, 0.25) is 5.02 Å². The minimum atomic E-state index is -3.83. The fourth-order valence-electron chi connectivity index (χ4n) is 1.99. The SMILES string of the molecule is CC(C)(C)C(=O)/C=C(/c1ccc(Cl)cc1)S(=O)(=O)c1ccccc1. The molecule has 2 aromatic rings. The van der Waals surface area contributed by atoms with E-state index in [-0.39, 0.29) is 15.6 Å². The van der Waals surface area contributed by atoms with Crippen molar-refractivity contribution in [3.63, 3.8) is 0 Å². The van der Waals surface area contributed by atoms with E-state index in [1.165, 1.54) is 18.2 Å². The van der Waals surface area contributed by atoms with Crippen molar-refractivity contribution in [3.05, 3.63) is 71.3 Å². The summed E-state index contributed by atoms with van der Waals surface area (Å²) in [6, 6.07) is 14.5. The van der Waals surface area contributed by atoms with Gasteiger partial charge in [-0.3, -0.25) is 4.79 Å². The van der Waals surface area contributed by atoms with Crippen molar-refractivity contribution in [2.24, 2.45) is 5.41 Å². The van der Waals surface area contributed by atoms with Gasteiger partial charge in [-0.1, -0.05) is 62.7 Å². The topological polar surface area (TPSA) is 51.2 Å². The van der Waals surface area contributed by atoms with Gasteiger partial charge in [-0.25, -0.2) is 8.42 Å². The van der Waals surface area contributed by atoms with E-state index in [2.05, 4.69) is 0 Å². The van der Waals surface area contributed by atoms with Crippen molar-refractivity contribution in [1.82, 2.24) is 0 Å². The van der Waals surface area contributed by atoms with Crippen molar-refractivity contribution in [1.29, 1.82) is 0 Å². The molecule has 0 saturated heterocycles. The van der Waals surface area contributed by atoms with Gasteiger partial charge in [0.15, 0.2) is 5.78 Å². The Bertz CT molecular complexity index is 859. The molecule has 5 heteroatoms. The highest BCUT2D eigenvalue weighted by Gasteiger charge is 2.26. The lowest BCUT2D eigenvalue weighted by Gasteiger charge is -2.16. The van der Waals surface area contributed by atoms with Gasteiger partial charge >= 0.3 is 0 Å². The Morgan fingerprint density at radius 1 is 0.958 bits per heavy atom. The predicted octanol–water partition coefficient (Wildman–Crippen LogP) is 4.77. The molecule has 0 heterocycles. The molecule has 0 unspecified atom stereocenters. The predicted molar refractivity (Wildman–Crippen MR) is 97.5 cm³/mol. The van der Waals surface area contributed by atoms with Gasteiger partial charge in [-0.2, -0.15) is 0 Å². The van der Waals surface area contributed by atoms with Crippen LogP contribution in [0.25, 0.3) is 4.91 Å². The number of sulfone groups is 1. The standard InChI is InChI=1S/C19H19ClO3S/c1-19(2,3)18(21)13-17(14-9-11-15(20)12-10-14)24(22,23)16-7-5-4-6-8-16/h4-13H,1-3H3/b17-13-. The number of hydrogen-bond donors (Lipinski definition) is 0. The lowest BCUT2D eigenvalue weighted by Crippen LogP contribution is -2.19. The van der Waals surface area contributed by atoms with Gasteiger partial charge in [0, 0.05) is 16.5 Å². The molecular weight excluding hydrogens is 344 g/mol. The highest BCUT2D eigenvalue weighted by molar-refractivity contribution is 8.00. The maximum atomic E-state index is 13.0. The number of halogens is 1. The fraction of sp³-hybridized carbons (Fsp3) is 0.211. The number of benzene rings is 2. The average Bonchev–Trinajstić information content (AvgIpc) is 2.53. The first-order valence-corrected chi connectivity index (χ1v) is 9.31. The summed E-state index contributed by atoms with van der Waals surface area (Å²) in [5, 5.41) is 0.498. The van der Waals surface area contributed by atoms with E-state index < -0.39 is 15.3 Å². The maximum absolute atomic E-state index is 13.0. The summed E-state index contributed by atoms with van der Waals surface area (Å²) in [5.74, 6) is -0.257. The molecule has 0 amide bonds. The number of ketones is 1. The lowest BCUT2D eigenvalue weighted by molar-refractivity contribution is -0.121. The molecule has 0 radical (unpaired) electrons. The molecule has 0 fully saturated rings. The van der Waals surface area contributed by atoms with Crippen molar-refractivity contribution < 1.29 is 13.2 Å². The monoisotopic (exact) mass is 362 g/mol. The van der Waals surface area contributed by atoms with Crippen LogP contribution in [0.15, 0.2) is 65.6 Å². The summed E-state index contributed by atoms with van der Waals surface area (Å²) in [6.07, 6.45) is 1.21. The Balaban J connectivity index is 2.66. The molecule has 0 aromatic heterocycles. The molecule has 0 aliphatic heterocycles. The largest absolute Gasteiger partial charge is 0.294 e. The summed E-state index contributed by atoms with van der Waals surface area (Å²) in [5.41, 5.74) is -0.245. The number of rotatable bonds is 4. The molecule has 0 bridgehead atoms. The van der Waals surface area contributed by atoms with E-state index in [4.69, 9.17) is 11.6 Å². The van der Waals surface area contributed by atoms with Crippen LogP contribution in [-0.2, 0) is 14.6 Å². The summed E-state index contributed by atoms with van der Waals surface area (Å²) in [4.78, 5) is 12.5. The van der Waals surface area contributed by atoms with Crippen molar-refractivity contribution in [3.8, 4) is 0 Å². The molecule has 24 heavy (non-hydrogen) atoms. The van der Waals surface area contributed by atoms with Crippen LogP contribution in [0.4, 0.5) is 0 Å². The van der Waals surface area contributed by atoms with Gasteiger partial charge in [0.25, 0.3) is 0 Å². The van der Waals surface area contributed by atoms with E-state index in [0.29, 0.717) is 10.6 Å². The Morgan fingerprint density at radius 2 is 1.50 bits per heavy atom. The molecule has 3 nitrogen and oxygen atoms in total. The third kappa shape index (κ3) is 4.13. The first-order valence-electron chi connectivity index (χ1n) is 7.44. The molecule has 0 N–H and O–H groups in total. The van der Waals surface area contributed by atoms with Crippen LogP contribution in [0.1, 0.15) is 26.3 Å². The normalized spacial score (nSPS) is 12.9. The summed E-state index contributed by atoms with van der Waals surface area (Å²) >= 11 is 5.89. The fourth-order valence-corrected chi connectivity index (χ4v) is 3.60. The molecule has 0 aliphatic rings. The first kappa shape index (κ1) is 18.4. The van der Waals surface area contributed by atoms with Crippen molar-refractivity contribution in [2.45, 2.75) is 25.7 Å². The smallest absolute Gasteiger partial charge is 0.207 e. The Kier molecular flexibility index (Phi) is 5.31.